The first-order chi connectivity index (χ1) is 18.2. The number of phenolic OH excluding ortho intramolecular Hbond substituents is 1. The fourth-order valence-corrected chi connectivity index (χ4v) is 3.69. The molecule has 0 bridgehead atoms. The number of esters is 2. The summed E-state index contributed by atoms with van der Waals surface area (Å²) in [5, 5.41) is 27.5. The van der Waals surface area contributed by atoms with Crippen molar-refractivity contribution in [2.75, 3.05) is 33.0 Å². The number of fused-ring (bicyclic) bond motifs is 1. The third-order valence-electron chi connectivity index (χ3n) is 5.41. The van der Waals surface area contributed by atoms with E-state index in [1.807, 2.05) is 0 Å². The average molecular weight is 530 g/mol. The molecule has 0 saturated heterocycles. The molecule has 0 spiro atoms. The number of amidine groups is 1. The minimum Gasteiger partial charge on any atom is -0.504 e. The van der Waals surface area contributed by atoms with E-state index in [1.165, 1.54) is 29.2 Å². The van der Waals surface area contributed by atoms with Gasteiger partial charge >= 0.3 is 11.9 Å². The Hall–Kier alpha value is -4.65. The molecule has 1 aliphatic rings. The normalized spacial score (nSPS) is 12.0. The highest BCUT2D eigenvalue weighted by molar-refractivity contribution is 6.06. The second-order valence-corrected chi connectivity index (χ2v) is 7.92. The lowest BCUT2D eigenvalue weighted by Gasteiger charge is -2.18. The van der Waals surface area contributed by atoms with Crippen LogP contribution in [0.4, 0.5) is 0 Å². The summed E-state index contributed by atoms with van der Waals surface area (Å²) < 4.78 is 20.3. The number of ether oxygens (including phenoxy) is 4. The summed E-state index contributed by atoms with van der Waals surface area (Å²) in [5.41, 5.74) is 2.79. The number of hydroxylamine groups is 1. The molecular formula is C25H27N3O10. The Bertz CT molecular complexity index is 1260. The van der Waals surface area contributed by atoms with Crippen molar-refractivity contribution in [1.82, 2.24) is 10.4 Å². The van der Waals surface area contributed by atoms with Crippen LogP contribution in [0.25, 0.3) is 0 Å². The van der Waals surface area contributed by atoms with Crippen LogP contribution in [0, 0.1) is 5.41 Å². The Morgan fingerprint density at radius 2 is 1.68 bits per heavy atom. The molecule has 1 aliphatic heterocycles. The molecule has 0 radical (unpaired) electrons. The molecule has 1 amide bonds. The Morgan fingerprint density at radius 3 is 2.32 bits per heavy atom. The second kappa shape index (κ2) is 12.5. The number of hydrogen-bond acceptors (Lipinski definition) is 11. The number of ketones is 1. The number of carbonyl (C=O) groups excluding carboxylic acids is 4. The van der Waals surface area contributed by atoms with Gasteiger partial charge in [0.05, 0.1) is 25.3 Å². The van der Waals surface area contributed by atoms with Gasteiger partial charge in [0.15, 0.2) is 30.5 Å². The van der Waals surface area contributed by atoms with Crippen LogP contribution in [-0.2, 0) is 25.6 Å². The first kappa shape index (κ1) is 27.9. The van der Waals surface area contributed by atoms with E-state index in [2.05, 4.69) is 0 Å². The molecule has 2 aromatic rings. The minimum atomic E-state index is -0.732. The number of phenols is 1. The van der Waals surface area contributed by atoms with Crippen molar-refractivity contribution in [1.29, 1.82) is 5.41 Å². The van der Waals surface area contributed by atoms with Crippen LogP contribution in [-0.4, -0.2) is 77.7 Å². The molecule has 0 aromatic heterocycles. The van der Waals surface area contributed by atoms with E-state index in [1.54, 1.807) is 25.4 Å². The van der Waals surface area contributed by atoms with Gasteiger partial charge in [-0.3, -0.25) is 25.7 Å². The van der Waals surface area contributed by atoms with Crippen LogP contribution in [0.1, 0.15) is 45.7 Å². The molecule has 0 fully saturated rings. The van der Waals surface area contributed by atoms with Crippen LogP contribution in [0.2, 0.25) is 0 Å². The van der Waals surface area contributed by atoms with Gasteiger partial charge in [-0.25, -0.2) is 9.59 Å². The van der Waals surface area contributed by atoms with Crippen LogP contribution in [0.15, 0.2) is 30.3 Å². The van der Waals surface area contributed by atoms with E-state index in [0.29, 0.717) is 16.7 Å². The molecule has 0 unspecified atom stereocenters. The van der Waals surface area contributed by atoms with Crippen molar-refractivity contribution in [3.8, 4) is 17.2 Å². The predicted molar refractivity (Wildman–Crippen MR) is 130 cm³/mol. The lowest BCUT2D eigenvalue weighted by Crippen LogP contribution is -2.30. The predicted octanol–water partition coefficient (Wildman–Crippen LogP) is 1.42. The summed E-state index contributed by atoms with van der Waals surface area (Å²) in [6, 6.07) is 7.07. The quantitative estimate of drug-likeness (QED) is 0.102. The second-order valence-electron chi connectivity index (χ2n) is 7.92. The largest absolute Gasteiger partial charge is 0.504 e. The van der Waals surface area contributed by atoms with Gasteiger partial charge in [0.2, 0.25) is 5.75 Å². The van der Waals surface area contributed by atoms with Gasteiger partial charge in [-0.15, -0.1) is 0 Å². The smallest absolute Gasteiger partial charge is 0.344 e. The van der Waals surface area contributed by atoms with Crippen molar-refractivity contribution in [3.05, 3.63) is 52.6 Å². The number of hydrogen-bond donors (Lipinski definition) is 4. The maximum atomic E-state index is 13.1. The van der Waals surface area contributed by atoms with Gasteiger partial charge < -0.3 is 29.0 Å². The minimum absolute atomic E-state index is 0.0696. The summed E-state index contributed by atoms with van der Waals surface area (Å²) in [6.07, 6.45) is 0. The Labute approximate surface area is 217 Å². The fraction of sp³-hybridized carbons (Fsp3) is 0.320. The number of nitrogens with zero attached hydrogens (tertiary/aromatic N) is 1. The molecule has 3 rings (SSSR count). The highest BCUT2D eigenvalue weighted by atomic mass is 16.6. The Morgan fingerprint density at radius 1 is 1.03 bits per heavy atom. The highest BCUT2D eigenvalue weighted by Gasteiger charge is 2.31. The zero-order chi connectivity index (χ0) is 27.8. The standard InChI is InChI=1S/C25H27N3O10/c1-3-35-20(30)12-37-19-8-7-17(22(32)23(19)38-13-21(31)36-4-2)18(29)11-28-10-15-9-14(24(26)27-34)5-6-16(15)25(28)33/h5-9,32,34H,3-4,10-13H2,1-2H3,(H2,26,27). The van der Waals surface area contributed by atoms with E-state index < -0.39 is 49.1 Å². The monoisotopic (exact) mass is 529 g/mol. The van der Waals surface area contributed by atoms with Gasteiger partial charge in [0.1, 0.15) is 5.84 Å². The molecule has 1 heterocycles. The molecule has 13 heteroatoms. The first-order valence-electron chi connectivity index (χ1n) is 11.6. The lowest BCUT2D eigenvalue weighted by atomic mass is 10.1. The SMILES string of the molecule is CCOC(=O)COc1ccc(C(=O)CN2Cc3cc(C(=N)NO)ccc3C2=O)c(O)c1OCC(=O)OCC. The lowest BCUT2D eigenvalue weighted by molar-refractivity contribution is -0.146. The number of nitrogens with one attached hydrogen (secondary N) is 2. The third kappa shape index (κ3) is 6.37. The summed E-state index contributed by atoms with van der Waals surface area (Å²) >= 11 is 0. The first-order valence-corrected chi connectivity index (χ1v) is 11.6. The van der Waals surface area contributed by atoms with Crippen LogP contribution in [0.5, 0.6) is 17.2 Å². The van der Waals surface area contributed by atoms with Gasteiger partial charge in [0, 0.05) is 17.7 Å². The maximum Gasteiger partial charge on any atom is 0.344 e. The van der Waals surface area contributed by atoms with Crippen molar-refractivity contribution in [3.63, 3.8) is 0 Å². The zero-order valence-corrected chi connectivity index (χ0v) is 20.7. The summed E-state index contributed by atoms with van der Waals surface area (Å²) in [4.78, 5) is 50.6. The summed E-state index contributed by atoms with van der Waals surface area (Å²) in [6.45, 7) is 2.02. The molecule has 4 N–H and O–H groups in total. The van der Waals surface area contributed by atoms with E-state index in [0.717, 1.165) is 0 Å². The average Bonchev–Trinajstić information content (AvgIpc) is 3.20. The number of benzene rings is 2. The third-order valence-corrected chi connectivity index (χ3v) is 5.41. The molecular weight excluding hydrogens is 502 g/mol. The van der Waals surface area contributed by atoms with E-state index in [-0.39, 0.29) is 42.7 Å². The highest BCUT2D eigenvalue weighted by Crippen LogP contribution is 2.40. The van der Waals surface area contributed by atoms with Crippen molar-refractivity contribution < 1.29 is 48.4 Å². The van der Waals surface area contributed by atoms with Crippen LogP contribution < -0.4 is 15.0 Å². The van der Waals surface area contributed by atoms with Crippen LogP contribution >= 0.6 is 0 Å². The molecule has 0 saturated carbocycles. The van der Waals surface area contributed by atoms with Crippen molar-refractivity contribution in [2.45, 2.75) is 20.4 Å². The number of rotatable bonds is 12. The molecule has 0 aliphatic carbocycles. The van der Waals surface area contributed by atoms with Crippen LogP contribution in [0.3, 0.4) is 0 Å². The van der Waals surface area contributed by atoms with Gasteiger partial charge in [-0.1, -0.05) is 6.07 Å². The maximum absolute atomic E-state index is 13.1. The van der Waals surface area contributed by atoms with Crippen molar-refractivity contribution in [2.24, 2.45) is 0 Å². The summed E-state index contributed by atoms with van der Waals surface area (Å²) in [7, 11) is 0. The van der Waals surface area contributed by atoms with Gasteiger partial charge in [-0.2, -0.15) is 0 Å². The van der Waals surface area contributed by atoms with E-state index in [4.69, 9.17) is 29.6 Å². The Balaban J connectivity index is 1.81. The van der Waals surface area contributed by atoms with Crippen molar-refractivity contribution >= 4 is 29.5 Å². The molecule has 2 aromatic carbocycles. The summed E-state index contributed by atoms with van der Waals surface area (Å²) in [5.74, 6) is -3.83. The van der Waals surface area contributed by atoms with Gasteiger partial charge in [-0.05, 0) is 43.7 Å². The number of amides is 1. The molecule has 13 nitrogen and oxygen atoms in total. The number of aromatic hydroxyl groups is 1. The fourth-order valence-electron chi connectivity index (χ4n) is 3.69. The van der Waals surface area contributed by atoms with Gasteiger partial charge in [0.25, 0.3) is 5.91 Å². The number of carbonyl (C=O) groups is 4. The molecule has 0 atom stereocenters. The number of Topliss-reactive ketones (excluding diaryl/α,β-unsaturated/α-hetero) is 1. The Kier molecular flexibility index (Phi) is 9.22. The topological polar surface area (TPSA) is 185 Å². The zero-order valence-electron chi connectivity index (χ0n) is 20.7. The van der Waals surface area contributed by atoms with E-state index in [9.17, 15) is 24.3 Å². The molecule has 202 valence electrons. The molecule has 38 heavy (non-hydrogen) atoms. The van der Waals surface area contributed by atoms with E-state index >= 15 is 0 Å².